The Morgan fingerprint density at radius 2 is 1.89 bits per heavy atom. The number of aliphatic hydroxyl groups is 1. The summed E-state index contributed by atoms with van der Waals surface area (Å²) in [5.41, 5.74) is 0. The smallest absolute Gasteiger partial charge is 0.334 e. The topological polar surface area (TPSA) is 89.9 Å². The van der Waals surface area contributed by atoms with Gasteiger partial charge in [-0.05, 0) is 31.6 Å². The Hall–Kier alpha value is -1.30. The highest BCUT2D eigenvalue weighted by Gasteiger charge is 2.35. The maximum atomic E-state index is 12.1. The Labute approximate surface area is 112 Å². The molecule has 0 spiro atoms. The van der Waals surface area contributed by atoms with Crippen LogP contribution in [0.4, 0.5) is 4.79 Å². The summed E-state index contributed by atoms with van der Waals surface area (Å²) in [6.07, 6.45) is 5.29. The van der Waals surface area contributed by atoms with Crippen molar-refractivity contribution in [2.24, 2.45) is 5.92 Å². The molecule has 3 N–H and O–H groups in total. The van der Waals surface area contributed by atoms with E-state index in [1.165, 1.54) is 19.3 Å². The summed E-state index contributed by atoms with van der Waals surface area (Å²) in [5.74, 6) is -0.716. The van der Waals surface area contributed by atoms with Crippen molar-refractivity contribution < 1.29 is 19.8 Å². The van der Waals surface area contributed by atoms with Crippen molar-refractivity contribution in [1.29, 1.82) is 0 Å². The lowest BCUT2D eigenvalue weighted by atomic mass is 9.78. The zero-order valence-electron chi connectivity index (χ0n) is 11.0. The fourth-order valence-corrected chi connectivity index (χ4v) is 3.25. The van der Waals surface area contributed by atoms with E-state index in [0.29, 0.717) is 12.0 Å². The summed E-state index contributed by atoms with van der Waals surface area (Å²) in [7, 11) is 0. The molecule has 2 fully saturated rings. The van der Waals surface area contributed by atoms with E-state index in [2.05, 4.69) is 5.32 Å². The van der Waals surface area contributed by atoms with Gasteiger partial charge in [0.25, 0.3) is 0 Å². The van der Waals surface area contributed by atoms with Crippen molar-refractivity contribution in [3.8, 4) is 0 Å². The average molecular weight is 270 g/mol. The summed E-state index contributed by atoms with van der Waals surface area (Å²) in [6, 6.07) is 0.0568. The lowest BCUT2D eigenvalue weighted by Gasteiger charge is -2.44. The van der Waals surface area contributed by atoms with Crippen molar-refractivity contribution in [3.05, 3.63) is 0 Å². The maximum absolute atomic E-state index is 12.1. The Balaban J connectivity index is 1.88. The molecule has 3 atom stereocenters. The highest BCUT2D eigenvalue weighted by atomic mass is 16.4. The van der Waals surface area contributed by atoms with Gasteiger partial charge in [0.15, 0.2) is 6.10 Å². The lowest BCUT2D eigenvalue weighted by molar-refractivity contribution is -0.146. The first kappa shape index (κ1) is 14.1. The van der Waals surface area contributed by atoms with Gasteiger partial charge >= 0.3 is 12.0 Å². The number of carbonyl (C=O) groups is 2. The molecule has 0 aromatic carbocycles. The standard InChI is InChI=1S/C13H22N2O4/c16-11(12(17)18)8-14-13(19)15-7-3-5-9-4-1-2-6-10(9)15/h9-11,16H,1-8H2,(H,14,19)(H,17,18). The minimum Gasteiger partial charge on any atom is -0.479 e. The van der Waals surface area contributed by atoms with Gasteiger partial charge in [-0.25, -0.2) is 9.59 Å². The molecule has 0 bridgehead atoms. The van der Waals surface area contributed by atoms with E-state index in [1.807, 2.05) is 4.90 Å². The van der Waals surface area contributed by atoms with E-state index in [1.54, 1.807) is 0 Å². The second kappa shape index (κ2) is 6.23. The third-order valence-corrected chi connectivity index (χ3v) is 4.24. The predicted octanol–water partition coefficient (Wildman–Crippen LogP) is 0.796. The first-order chi connectivity index (χ1) is 9.09. The molecule has 1 aliphatic carbocycles. The molecule has 1 saturated heterocycles. The Bertz CT molecular complexity index is 346. The van der Waals surface area contributed by atoms with Crippen LogP contribution >= 0.6 is 0 Å². The zero-order valence-corrected chi connectivity index (χ0v) is 11.0. The molecule has 2 amide bonds. The van der Waals surface area contributed by atoms with Crippen LogP contribution in [-0.2, 0) is 4.79 Å². The number of nitrogens with zero attached hydrogens (tertiary/aromatic N) is 1. The molecule has 2 aliphatic rings. The molecule has 2 rings (SSSR count). The van der Waals surface area contributed by atoms with Crippen LogP contribution in [0.2, 0.25) is 0 Å². The number of likely N-dealkylation sites (tertiary alicyclic amines) is 1. The van der Waals surface area contributed by atoms with E-state index < -0.39 is 12.1 Å². The maximum Gasteiger partial charge on any atom is 0.334 e. The summed E-state index contributed by atoms with van der Waals surface area (Å²) in [4.78, 5) is 24.4. The molecular formula is C13H22N2O4. The highest BCUT2D eigenvalue weighted by molar-refractivity contribution is 5.77. The number of aliphatic carboxylic acids is 1. The number of nitrogens with one attached hydrogen (secondary N) is 1. The number of carboxylic acids is 1. The summed E-state index contributed by atoms with van der Waals surface area (Å²) in [6.45, 7) is 0.498. The number of hydrogen-bond acceptors (Lipinski definition) is 3. The van der Waals surface area contributed by atoms with Gasteiger partial charge in [-0.15, -0.1) is 0 Å². The molecule has 3 unspecified atom stereocenters. The third kappa shape index (κ3) is 3.37. The van der Waals surface area contributed by atoms with Gasteiger partial charge in [-0.2, -0.15) is 0 Å². The van der Waals surface area contributed by atoms with Crippen molar-refractivity contribution in [1.82, 2.24) is 10.2 Å². The quantitative estimate of drug-likeness (QED) is 0.707. The third-order valence-electron chi connectivity index (χ3n) is 4.24. The summed E-state index contributed by atoms with van der Waals surface area (Å²) in [5, 5.41) is 20.3. The SMILES string of the molecule is O=C(O)C(O)CNC(=O)N1CCCC2CCCCC21. The number of carboxylic acid groups (broad SMARTS) is 1. The summed E-state index contributed by atoms with van der Waals surface area (Å²) >= 11 is 0. The van der Waals surface area contributed by atoms with E-state index in [-0.39, 0.29) is 12.6 Å². The number of carbonyl (C=O) groups excluding carboxylic acids is 1. The molecule has 0 radical (unpaired) electrons. The normalized spacial score (nSPS) is 28.4. The molecule has 6 heteroatoms. The molecule has 19 heavy (non-hydrogen) atoms. The molecule has 108 valence electrons. The average Bonchev–Trinajstić information content (AvgIpc) is 2.43. The first-order valence-corrected chi connectivity index (χ1v) is 7.05. The van der Waals surface area contributed by atoms with Crippen LogP contribution in [0.15, 0.2) is 0 Å². The van der Waals surface area contributed by atoms with Crippen LogP contribution in [0.25, 0.3) is 0 Å². The minimum absolute atomic E-state index is 0.234. The van der Waals surface area contributed by atoms with Gasteiger partial charge in [-0.1, -0.05) is 12.8 Å². The van der Waals surface area contributed by atoms with Crippen molar-refractivity contribution in [2.75, 3.05) is 13.1 Å². The van der Waals surface area contributed by atoms with Gasteiger partial charge in [-0.3, -0.25) is 0 Å². The van der Waals surface area contributed by atoms with Crippen LogP contribution in [0.3, 0.4) is 0 Å². The summed E-state index contributed by atoms with van der Waals surface area (Å²) < 4.78 is 0. The molecule has 0 aromatic heterocycles. The second-order valence-electron chi connectivity index (χ2n) is 5.49. The van der Waals surface area contributed by atoms with Crippen molar-refractivity contribution in [2.45, 2.75) is 50.7 Å². The Morgan fingerprint density at radius 3 is 2.63 bits per heavy atom. The van der Waals surface area contributed by atoms with Crippen LogP contribution in [0, 0.1) is 5.92 Å². The van der Waals surface area contributed by atoms with Gasteiger partial charge in [0.05, 0.1) is 6.54 Å². The second-order valence-corrected chi connectivity index (χ2v) is 5.49. The van der Waals surface area contributed by atoms with Crippen LogP contribution in [0.1, 0.15) is 38.5 Å². The van der Waals surface area contributed by atoms with Crippen molar-refractivity contribution >= 4 is 12.0 Å². The molecule has 1 aliphatic heterocycles. The van der Waals surface area contributed by atoms with Crippen LogP contribution in [-0.4, -0.2) is 52.3 Å². The monoisotopic (exact) mass is 270 g/mol. The van der Waals surface area contributed by atoms with Crippen LogP contribution in [0.5, 0.6) is 0 Å². The lowest BCUT2D eigenvalue weighted by Crippen LogP contribution is -2.54. The largest absolute Gasteiger partial charge is 0.479 e. The van der Waals surface area contributed by atoms with Gasteiger partial charge in [0.1, 0.15) is 0 Å². The first-order valence-electron chi connectivity index (χ1n) is 7.05. The van der Waals surface area contributed by atoms with Gasteiger partial charge in [0, 0.05) is 12.6 Å². The number of hydrogen-bond donors (Lipinski definition) is 3. The number of urea groups is 1. The van der Waals surface area contributed by atoms with E-state index in [0.717, 1.165) is 25.8 Å². The number of fused-ring (bicyclic) bond motifs is 1. The zero-order chi connectivity index (χ0) is 13.8. The molecular weight excluding hydrogens is 248 g/mol. The Morgan fingerprint density at radius 1 is 1.21 bits per heavy atom. The van der Waals surface area contributed by atoms with E-state index in [9.17, 15) is 14.7 Å². The minimum atomic E-state index is -1.53. The number of rotatable bonds is 3. The molecule has 0 aromatic rings. The number of aliphatic hydroxyl groups excluding tert-OH is 1. The highest BCUT2D eigenvalue weighted by Crippen LogP contribution is 2.35. The number of amides is 2. The van der Waals surface area contributed by atoms with Crippen LogP contribution < -0.4 is 5.32 Å². The predicted molar refractivity (Wildman–Crippen MR) is 68.7 cm³/mol. The van der Waals surface area contributed by atoms with E-state index in [4.69, 9.17) is 5.11 Å². The number of piperidine rings is 1. The molecule has 6 nitrogen and oxygen atoms in total. The molecule has 1 heterocycles. The van der Waals surface area contributed by atoms with Crippen molar-refractivity contribution in [3.63, 3.8) is 0 Å². The fourth-order valence-electron chi connectivity index (χ4n) is 3.25. The van der Waals surface area contributed by atoms with Gasteiger partial charge < -0.3 is 20.4 Å². The molecule has 1 saturated carbocycles. The Kier molecular flexibility index (Phi) is 4.63. The fraction of sp³-hybridized carbons (Fsp3) is 0.846. The van der Waals surface area contributed by atoms with Gasteiger partial charge in [0.2, 0.25) is 0 Å². The van der Waals surface area contributed by atoms with E-state index >= 15 is 0 Å².